The van der Waals surface area contributed by atoms with E-state index in [0.29, 0.717) is 0 Å². The second-order valence-electron chi connectivity index (χ2n) is 6.97. The molecule has 5 heteroatoms. The third kappa shape index (κ3) is 23.9. The number of allylic oxidation sites excluding steroid dienone is 2. The van der Waals surface area contributed by atoms with Crippen LogP contribution in [0.3, 0.4) is 0 Å². The van der Waals surface area contributed by atoms with Crippen LogP contribution in [0.15, 0.2) is 12.2 Å². The molecule has 0 unspecified atom stereocenters. The van der Waals surface area contributed by atoms with Gasteiger partial charge in [-0.3, -0.25) is 4.52 Å². The van der Waals surface area contributed by atoms with Crippen LogP contribution in [0.1, 0.15) is 110 Å². The Hall–Kier alpha value is -0.150. The van der Waals surface area contributed by atoms with Gasteiger partial charge in [-0.25, -0.2) is 4.57 Å². The predicted molar refractivity (Wildman–Crippen MR) is 107 cm³/mol. The molecule has 0 atom stereocenters. The van der Waals surface area contributed by atoms with Crippen molar-refractivity contribution in [2.75, 3.05) is 6.61 Å². The molecule has 0 bridgehead atoms. The smallest absolute Gasteiger partial charge is 0.303 e. The van der Waals surface area contributed by atoms with Crippen LogP contribution >= 0.6 is 7.82 Å². The predicted octanol–water partition coefficient (Wildman–Crippen LogP) is 6.91. The molecule has 0 aliphatic heterocycles. The van der Waals surface area contributed by atoms with Crippen LogP contribution in [-0.4, -0.2) is 16.4 Å². The van der Waals surface area contributed by atoms with Crippen molar-refractivity contribution in [2.45, 2.75) is 110 Å². The number of unbranched alkanes of at least 4 members (excludes halogenated alkanes) is 14. The highest BCUT2D eigenvalue weighted by molar-refractivity contribution is 7.46. The Morgan fingerprint density at radius 3 is 1.52 bits per heavy atom. The summed E-state index contributed by atoms with van der Waals surface area (Å²) in [5.74, 6) is 0. The first kappa shape index (κ1) is 24.8. The molecule has 0 aliphatic carbocycles. The van der Waals surface area contributed by atoms with Gasteiger partial charge in [-0.15, -0.1) is 0 Å². The Morgan fingerprint density at radius 2 is 1.08 bits per heavy atom. The summed E-state index contributed by atoms with van der Waals surface area (Å²) in [6.07, 6.45) is 24.7. The Bertz CT molecular complexity index is 339. The van der Waals surface area contributed by atoms with Crippen molar-refractivity contribution in [2.24, 2.45) is 0 Å². The average molecular weight is 377 g/mol. The SMILES string of the molecule is CCCCCCCCC=CCCCCCCCCCCOP(=O)(O)O. The zero-order chi connectivity index (χ0) is 18.6. The lowest BCUT2D eigenvalue weighted by Gasteiger charge is -2.04. The Kier molecular flexibility index (Phi) is 18.5. The normalized spacial score (nSPS) is 12.3. The van der Waals surface area contributed by atoms with Crippen LogP contribution in [-0.2, 0) is 9.09 Å². The van der Waals surface area contributed by atoms with Crippen molar-refractivity contribution in [1.29, 1.82) is 0 Å². The number of hydrogen-bond donors (Lipinski definition) is 2. The zero-order valence-corrected chi connectivity index (χ0v) is 17.2. The lowest BCUT2D eigenvalue weighted by atomic mass is 10.1. The minimum absolute atomic E-state index is 0.162. The molecular weight excluding hydrogens is 335 g/mol. The van der Waals surface area contributed by atoms with Crippen LogP contribution in [0.2, 0.25) is 0 Å². The molecule has 150 valence electrons. The number of phosphoric acid groups is 1. The van der Waals surface area contributed by atoms with Crippen molar-refractivity contribution in [3.05, 3.63) is 12.2 Å². The zero-order valence-electron chi connectivity index (χ0n) is 16.3. The van der Waals surface area contributed by atoms with Gasteiger partial charge >= 0.3 is 7.82 Å². The average Bonchev–Trinajstić information content (AvgIpc) is 2.56. The molecule has 0 rings (SSSR count). The standard InChI is InChI=1S/C20H41O4P/c1-2-3-4-5-6-7-8-9-10-11-12-13-14-15-16-17-18-19-20-24-25(21,22)23/h9-10H,2-8,11-20H2,1H3,(H2,21,22,23). The summed E-state index contributed by atoms with van der Waals surface area (Å²) in [4.78, 5) is 17.1. The monoisotopic (exact) mass is 376 g/mol. The molecule has 0 aromatic rings. The largest absolute Gasteiger partial charge is 0.469 e. The third-order valence-corrected chi connectivity index (χ3v) is 4.93. The van der Waals surface area contributed by atoms with Gasteiger partial charge in [0.15, 0.2) is 0 Å². The fourth-order valence-electron chi connectivity index (χ4n) is 2.89. The maximum Gasteiger partial charge on any atom is 0.469 e. The summed E-state index contributed by atoms with van der Waals surface area (Å²) >= 11 is 0. The number of hydrogen-bond acceptors (Lipinski definition) is 2. The van der Waals surface area contributed by atoms with E-state index < -0.39 is 7.82 Å². The van der Waals surface area contributed by atoms with E-state index in [9.17, 15) is 4.57 Å². The molecule has 0 aromatic carbocycles. The Labute approximate surface area is 155 Å². The molecule has 4 nitrogen and oxygen atoms in total. The molecule has 0 heterocycles. The van der Waals surface area contributed by atoms with E-state index >= 15 is 0 Å². The number of phosphoric ester groups is 1. The first-order chi connectivity index (χ1) is 12.1. The molecule has 25 heavy (non-hydrogen) atoms. The summed E-state index contributed by atoms with van der Waals surface area (Å²) in [6.45, 7) is 2.42. The van der Waals surface area contributed by atoms with Crippen molar-refractivity contribution in [3.63, 3.8) is 0 Å². The van der Waals surface area contributed by atoms with Crippen molar-refractivity contribution in [3.8, 4) is 0 Å². The molecule has 0 saturated carbocycles. The van der Waals surface area contributed by atoms with E-state index in [-0.39, 0.29) is 6.61 Å². The van der Waals surface area contributed by atoms with Gasteiger partial charge in [0.1, 0.15) is 0 Å². The molecule has 0 aromatic heterocycles. The van der Waals surface area contributed by atoms with E-state index in [2.05, 4.69) is 23.6 Å². The van der Waals surface area contributed by atoms with E-state index in [1.807, 2.05) is 0 Å². The molecular formula is C20H41O4P. The Balaban J connectivity index is 3.11. The first-order valence-electron chi connectivity index (χ1n) is 10.4. The van der Waals surface area contributed by atoms with E-state index in [4.69, 9.17) is 9.79 Å². The highest BCUT2D eigenvalue weighted by Gasteiger charge is 2.12. The fourth-order valence-corrected chi connectivity index (χ4v) is 3.25. The first-order valence-corrected chi connectivity index (χ1v) is 11.9. The maximum absolute atomic E-state index is 10.5. The summed E-state index contributed by atoms with van der Waals surface area (Å²) < 4.78 is 14.9. The topological polar surface area (TPSA) is 66.8 Å². The van der Waals surface area contributed by atoms with Gasteiger partial charge < -0.3 is 9.79 Å². The quantitative estimate of drug-likeness (QED) is 0.146. The van der Waals surface area contributed by atoms with Crippen LogP contribution < -0.4 is 0 Å². The lowest BCUT2D eigenvalue weighted by molar-refractivity contribution is 0.193. The van der Waals surface area contributed by atoms with Gasteiger partial charge in [-0.2, -0.15) is 0 Å². The fraction of sp³-hybridized carbons (Fsp3) is 0.900. The van der Waals surface area contributed by atoms with Crippen molar-refractivity contribution in [1.82, 2.24) is 0 Å². The second-order valence-corrected chi connectivity index (χ2v) is 8.21. The molecule has 2 N–H and O–H groups in total. The minimum Gasteiger partial charge on any atom is -0.303 e. The van der Waals surface area contributed by atoms with E-state index in [1.165, 1.54) is 83.5 Å². The van der Waals surface area contributed by atoms with E-state index in [0.717, 1.165) is 19.3 Å². The van der Waals surface area contributed by atoms with Gasteiger partial charge in [-0.1, -0.05) is 89.7 Å². The van der Waals surface area contributed by atoms with Crippen LogP contribution in [0.25, 0.3) is 0 Å². The van der Waals surface area contributed by atoms with Gasteiger partial charge in [0, 0.05) is 0 Å². The molecule has 0 radical (unpaired) electrons. The highest BCUT2D eigenvalue weighted by atomic mass is 31.2. The molecule has 0 fully saturated rings. The Morgan fingerprint density at radius 1 is 0.680 bits per heavy atom. The van der Waals surface area contributed by atoms with Crippen LogP contribution in [0, 0.1) is 0 Å². The summed E-state index contributed by atoms with van der Waals surface area (Å²) in [5, 5.41) is 0. The minimum atomic E-state index is -4.26. The molecule has 0 saturated heterocycles. The molecule has 0 amide bonds. The summed E-state index contributed by atoms with van der Waals surface area (Å²) in [5.41, 5.74) is 0. The van der Waals surface area contributed by atoms with Crippen LogP contribution in [0.5, 0.6) is 0 Å². The highest BCUT2D eigenvalue weighted by Crippen LogP contribution is 2.35. The summed E-state index contributed by atoms with van der Waals surface area (Å²) in [6, 6.07) is 0. The molecule has 0 aliphatic rings. The number of rotatable bonds is 19. The molecule has 0 spiro atoms. The second kappa shape index (κ2) is 18.6. The van der Waals surface area contributed by atoms with Crippen LogP contribution in [0.4, 0.5) is 0 Å². The van der Waals surface area contributed by atoms with Gasteiger partial charge in [0.2, 0.25) is 0 Å². The van der Waals surface area contributed by atoms with E-state index in [1.54, 1.807) is 0 Å². The third-order valence-electron chi connectivity index (χ3n) is 4.42. The lowest BCUT2D eigenvalue weighted by Crippen LogP contribution is -1.92. The van der Waals surface area contributed by atoms with Gasteiger partial charge in [0.05, 0.1) is 6.61 Å². The van der Waals surface area contributed by atoms with Crippen molar-refractivity contribution < 1.29 is 18.9 Å². The summed E-state index contributed by atoms with van der Waals surface area (Å²) in [7, 11) is -4.26. The van der Waals surface area contributed by atoms with Gasteiger partial charge in [0.25, 0.3) is 0 Å². The van der Waals surface area contributed by atoms with Crippen molar-refractivity contribution >= 4 is 7.82 Å². The van der Waals surface area contributed by atoms with Gasteiger partial charge in [-0.05, 0) is 32.1 Å². The maximum atomic E-state index is 10.5.